The first-order valence-corrected chi connectivity index (χ1v) is 3.93. The van der Waals surface area contributed by atoms with Gasteiger partial charge in [0.05, 0.1) is 6.10 Å². The Morgan fingerprint density at radius 2 is 1.78 bits per heavy atom. The molecule has 0 aromatic rings. The highest BCUT2D eigenvalue weighted by Crippen LogP contribution is 2.23. The van der Waals surface area contributed by atoms with Gasteiger partial charge >= 0.3 is 0 Å². The number of hydrogen-bond acceptors (Lipinski definition) is 1. The summed E-state index contributed by atoms with van der Waals surface area (Å²) in [5, 5.41) is 0.413. The van der Waals surface area contributed by atoms with Gasteiger partial charge in [0.15, 0.2) is 0 Å². The molecule has 1 aliphatic rings. The van der Waals surface area contributed by atoms with Crippen LogP contribution < -0.4 is 0 Å². The maximum Gasteiger partial charge on any atom is 0.0572 e. The molecular weight excluding hydrogens is 136 g/mol. The van der Waals surface area contributed by atoms with E-state index in [0.29, 0.717) is 11.5 Å². The molecule has 0 unspecified atom stereocenters. The fourth-order valence-electron chi connectivity index (χ4n) is 1.26. The second-order valence-corrected chi connectivity index (χ2v) is 3.23. The average molecular weight is 149 g/mol. The Labute approximate surface area is 61.3 Å². The Hall–Kier alpha value is 0.250. The van der Waals surface area contributed by atoms with Gasteiger partial charge in [-0.25, -0.2) is 0 Å². The molecule has 0 spiro atoms. The maximum atomic E-state index is 5.88. The third-order valence-electron chi connectivity index (χ3n) is 1.94. The highest BCUT2D eigenvalue weighted by Gasteiger charge is 2.18. The highest BCUT2D eigenvalue weighted by atomic mass is 35.5. The van der Waals surface area contributed by atoms with E-state index in [1.165, 1.54) is 0 Å². The molecule has 0 aromatic carbocycles. The van der Waals surface area contributed by atoms with Crippen LogP contribution in [0.25, 0.3) is 0 Å². The molecule has 0 aliphatic heterocycles. The van der Waals surface area contributed by atoms with Crippen LogP contribution in [0.5, 0.6) is 0 Å². The van der Waals surface area contributed by atoms with Crippen molar-refractivity contribution in [2.45, 2.75) is 37.2 Å². The van der Waals surface area contributed by atoms with E-state index in [1.807, 2.05) is 0 Å². The topological polar surface area (TPSA) is 9.23 Å². The molecule has 0 N–H and O–H groups in total. The molecule has 2 heteroatoms. The number of hydrogen-bond donors (Lipinski definition) is 0. The van der Waals surface area contributed by atoms with Gasteiger partial charge in [-0.2, -0.15) is 0 Å². The highest BCUT2D eigenvalue weighted by molar-refractivity contribution is 6.20. The van der Waals surface area contributed by atoms with Crippen LogP contribution in [-0.4, -0.2) is 18.6 Å². The Morgan fingerprint density at radius 3 is 2.22 bits per heavy atom. The molecule has 1 saturated carbocycles. The molecule has 1 nitrogen and oxygen atoms in total. The van der Waals surface area contributed by atoms with Crippen molar-refractivity contribution in [2.24, 2.45) is 0 Å². The predicted molar refractivity (Wildman–Crippen MR) is 38.9 cm³/mol. The van der Waals surface area contributed by atoms with Gasteiger partial charge in [0.25, 0.3) is 0 Å². The van der Waals surface area contributed by atoms with Crippen LogP contribution in [0.1, 0.15) is 25.7 Å². The van der Waals surface area contributed by atoms with Crippen molar-refractivity contribution in [1.29, 1.82) is 0 Å². The summed E-state index contributed by atoms with van der Waals surface area (Å²) < 4.78 is 5.18. The molecule has 0 atom stereocenters. The van der Waals surface area contributed by atoms with Crippen molar-refractivity contribution < 1.29 is 4.74 Å². The number of ether oxygens (including phenoxy) is 1. The standard InChI is InChI=1S/C7H13ClO/c1-9-7-4-2-6(8)3-5-7/h6-7H,2-5H2,1H3. The van der Waals surface area contributed by atoms with Crippen molar-refractivity contribution in [1.82, 2.24) is 0 Å². The van der Waals surface area contributed by atoms with Crippen LogP contribution in [-0.2, 0) is 4.74 Å². The molecule has 54 valence electrons. The fraction of sp³-hybridized carbons (Fsp3) is 1.00. The van der Waals surface area contributed by atoms with E-state index in [2.05, 4.69) is 0 Å². The Bertz CT molecular complexity index is 77.0. The van der Waals surface area contributed by atoms with Crippen LogP contribution in [0.2, 0.25) is 0 Å². The van der Waals surface area contributed by atoms with Gasteiger partial charge in [-0.1, -0.05) is 0 Å². The van der Waals surface area contributed by atoms with Crippen LogP contribution in [0.4, 0.5) is 0 Å². The minimum atomic E-state index is 0.413. The second kappa shape index (κ2) is 3.43. The van der Waals surface area contributed by atoms with Crippen molar-refractivity contribution in [3.05, 3.63) is 0 Å². The minimum Gasteiger partial charge on any atom is -0.381 e. The number of rotatable bonds is 1. The van der Waals surface area contributed by atoms with Crippen molar-refractivity contribution in [3.8, 4) is 0 Å². The minimum absolute atomic E-state index is 0.413. The van der Waals surface area contributed by atoms with E-state index >= 15 is 0 Å². The van der Waals surface area contributed by atoms with Crippen LogP contribution in [0.15, 0.2) is 0 Å². The summed E-state index contributed by atoms with van der Waals surface area (Å²) in [6.45, 7) is 0. The van der Waals surface area contributed by atoms with Gasteiger partial charge in [0, 0.05) is 12.5 Å². The summed E-state index contributed by atoms with van der Waals surface area (Å²) in [4.78, 5) is 0. The quantitative estimate of drug-likeness (QED) is 0.518. The number of alkyl halides is 1. The lowest BCUT2D eigenvalue weighted by Crippen LogP contribution is -2.20. The molecule has 0 radical (unpaired) electrons. The van der Waals surface area contributed by atoms with Gasteiger partial charge in [-0.15, -0.1) is 11.6 Å². The molecule has 0 bridgehead atoms. The lowest BCUT2D eigenvalue weighted by molar-refractivity contribution is 0.0718. The molecule has 0 saturated heterocycles. The summed E-state index contributed by atoms with van der Waals surface area (Å²) in [6.07, 6.45) is 5.02. The third-order valence-corrected chi connectivity index (χ3v) is 2.37. The first kappa shape index (κ1) is 7.36. The van der Waals surface area contributed by atoms with Crippen LogP contribution in [0.3, 0.4) is 0 Å². The first-order valence-electron chi connectivity index (χ1n) is 3.50. The van der Waals surface area contributed by atoms with Gasteiger partial charge in [0.2, 0.25) is 0 Å². The van der Waals surface area contributed by atoms with Gasteiger partial charge in [0.1, 0.15) is 0 Å². The summed E-state index contributed by atoms with van der Waals surface area (Å²) in [5.74, 6) is 0. The van der Waals surface area contributed by atoms with Crippen LogP contribution in [0, 0.1) is 0 Å². The summed E-state index contributed by atoms with van der Waals surface area (Å²) in [5.41, 5.74) is 0. The van der Waals surface area contributed by atoms with E-state index in [0.717, 1.165) is 25.7 Å². The summed E-state index contributed by atoms with van der Waals surface area (Å²) in [6, 6.07) is 0. The average Bonchev–Trinajstić information content (AvgIpc) is 1.90. The zero-order valence-electron chi connectivity index (χ0n) is 5.77. The number of halogens is 1. The van der Waals surface area contributed by atoms with Crippen molar-refractivity contribution in [3.63, 3.8) is 0 Å². The zero-order valence-corrected chi connectivity index (χ0v) is 6.53. The Kier molecular flexibility index (Phi) is 2.80. The molecular formula is C7H13ClO. The molecule has 0 aromatic heterocycles. The van der Waals surface area contributed by atoms with Crippen molar-refractivity contribution in [2.75, 3.05) is 7.11 Å². The molecule has 1 fully saturated rings. The molecule has 9 heavy (non-hydrogen) atoms. The predicted octanol–water partition coefficient (Wildman–Crippen LogP) is 2.18. The van der Waals surface area contributed by atoms with Crippen molar-refractivity contribution >= 4 is 11.6 Å². The summed E-state index contributed by atoms with van der Waals surface area (Å²) >= 11 is 5.88. The third kappa shape index (κ3) is 2.15. The fourth-order valence-corrected chi connectivity index (χ4v) is 1.51. The SMILES string of the molecule is COC1CCC(Cl)CC1. The smallest absolute Gasteiger partial charge is 0.0572 e. The Morgan fingerprint density at radius 1 is 1.22 bits per heavy atom. The van der Waals surface area contributed by atoms with Gasteiger partial charge < -0.3 is 4.74 Å². The van der Waals surface area contributed by atoms with E-state index < -0.39 is 0 Å². The number of methoxy groups -OCH3 is 1. The zero-order chi connectivity index (χ0) is 6.69. The lowest BCUT2D eigenvalue weighted by atomic mass is 9.97. The van der Waals surface area contributed by atoms with E-state index in [4.69, 9.17) is 16.3 Å². The van der Waals surface area contributed by atoms with E-state index in [9.17, 15) is 0 Å². The van der Waals surface area contributed by atoms with E-state index in [1.54, 1.807) is 7.11 Å². The van der Waals surface area contributed by atoms with Gasteiger partial charge in [-0.3, -0.25) is 0 Å². The Balaban J connectivity index is 2.18. The first-order chi connectivity index (χ1) is 4.33. The monoisotopic (exact) mass is 148 g/mol. The normalized spacial score (nSPS) is 36.7. The van der Waals surface area contributed by atoms with Gasteiger partial charge in [-0.05, 0) is 25.7 Å². The van der Waals surface area contributed by atoms with E-state index in [-0.39, 0.29) is 0 Å². The molecule has 1 rings (SSSR count). The second-order valence-electron chi connectivity index (χ2n) is 2.61. The maximum absolute atomic E-state index is 5.88. The molecule has 1 aliphatic carbocycles. The summed E-state index contributed by atoms with van der Waals surface area (Å²) in [7, 11) is 1.78. The molecule has 0 amide bonds. The largest absolute Gasteiger partial charge is 0.381 e. The molecule has 0 heterocycles. The lowest BCUT2D eigenvalue weighted by Gasteiger charge is -2.23. The van der Waals surface area contributed by atoms with Crippen LogP contribution >= 0.6 is 11.6 Å².